The van der Waals surface area contributed by atoms with E-state index in [9.17, 15) is 0 Å². The van der Waals surface area contributed by atoms with E-state index in [1.54, 1.807) is 0 Å². The number of rotatable bonds is 4. The van der Waals surface area contributed by atoms with Crippen molar-refractivity contribution in [1.82, 2.24) is 0 Å². The quantitative estimate of drug-likeness (QED) is 0.890. The summed E-state index contributed by atoms with van der Waals surface area (Å²) in [5.41, 5.74) is 7.37. The van der Waals surface area contributed by atoms with Crippen LogP contribution in [0.15, 0.2) is 24.3 Å². The second kappa shape index (κ2) is 6.42. The summed E-state index contributed by atoms with van der Waals surface area (Å²) < 4.78 is 5.81. The van der Waals surface area contributed by atoms with Crippen molar-refractivity contribution in [3.63, 3.8) is 0 Å². The van der Waals surface area contributed by atoms with Crippen molar-refractivity contribution in [2.45, 2.75) is 52.1 Å². The first-order valence-electron chi connectivity index (χ1n) is 7.56. The lowest BCUT2D eigenvalue weighted by Crippen LogP contribution is -2.28. The zero-order chi connectivity index (χ0) is 13.8. The van der Waals surface area contributed by atoms with Gasteiger partial charge in [0.2, 0.25) is 0 Å². The molecule has 0 aliphatic heterocycles. The summed E-state index contributed by atoms with van der Waals surface area (Å²) in [6.45, 7) is 7.29. The van der Waals surface area contributed by atoms with Gasteiger partial charge in [0.1, 0.15) is 5.75 Å². The fourth-order valence-corrected chi connectivity index (χ4v) is 3.22. The summed E-state index contributed by atoms with van der Waals surface area (Å²) >= 11 is 0. The second-order valence-corrected chi connectivity index (χ2v) is 6.26. The van der Waals surface area contributed by atoms with Gasteiger partial charge >= 0.3 is 0 Å². The van der Waals surface area contributed by atoms with Crippen LogP contribution in [0, 0.1) is 11.8 Å². The Balaban J connectivity index is 2.18. The fourth-order valence-electron chi connectivity index (χ4n) is 3.22. The van der Waals surface area contributed by atoms with E-state index >= 15 is 0 Å². The van der Waals surface area contributed by atoms with Gasteiger partial charge < -0.3 is 10.5 Å². The molecule has 1 aliphatic rings. The van der Waals surface area contributed by atoms with Crippen molar-refractivity contribution in [2.75, 3.05) is 6.54 Å². The van der Waals surface area contributed by atoms with E-state index in [1.165, 1.54) is 24.8 Å². The molecule has 0 heterocycles. The van der Waals surface area contributed by atoms with Crippen molar-refractivity contribution in [2.24, 2.45) is 17.6 Å². The Morgan fingerprint density at radius 2 is 2.11 bits per heavy atom. The predicted molar refractivity (Wildman–Crippen MR) is 80.5 cm³/mol. The molecule has 106 valence electrons. The van der Waals surface area contributed by atoms with E-state index in [-0.39, 0.29) is 6.10 Å². The second-order valence-electron chi connectivity index (χ2n) is 6.26. The molecule has 3 atom stereocenters. The third-order valence-electron chi connectivity index (χ3n) is 4.22. The van der Waals surface area contributed by atoms with Crippen LogP contribution in [-0.4, -0.2) is 12.6 Å². The van der Waals surface area contributed by atoms with Gasteiger partial charge in [-0.25, -0.2) is 0 Å². The van der Waals surface area contributed by atoms with Crippen LogP contribution in [0.25, 0.3) is 0 Å². The van der Waals surface area contributed by atoms with Crippen LogP contribution in [0.3, 0.4) is 0 Å². The molecule has 0 spiro atoms. The number of nitrogens with two attached hydrogens (primary N) is 1. The Labute approximate surface area is 117 Å². The zero-order valence-corrected chi connectivity index (χ0v) is 12.4. The van der Waals surface area contributed by atoms with Crippen molar-refractivity contribution in [1.29, 1.82) is 0 Å². The van der Waals surface area contributed by atoms with Crippen LogP contribution in [0.4, 0.5) is 0 Å². The highest BCUT2D eigenvalue weighted by molar-refractivity contribution is 5.32. The lowest BCUT2D eigenvalue weighted by atomic mass is 9.71. The molecule has 0 amide bonds. The van der Waals surface area contributed by atoms with Gasteiger partial charge in [-0.2, -0.15) is 0 Å². The normalized spacial score (nSPS) is 27.5. The number of hydrogen-bond donors (Lipinski definition) is 1. The number of ether oxygens (including phenoxy) is 1. The molecule has 0 saturated heterocycles. The monoisotopic (exact) mass is 261 g/mol. The van der Waals surface area contributed by atoms with Crippen LogP contribution in [-0.2, 0) is 0 Å². The van der Waals surface area contributed by atoms with Crippen LogP contribution < -0.4 is 10.5 Å². The molecule has 1 saturated carbocycles. The largest absolute Gasteiger partial charge is 0.491 e. The predicted octanol–water partition coefficient (Wildman–Crippen LogP) is 3.95. The van der Waals surface area contributed by atoms with Crippen molar-refractivity contribution >= 4 is 0 Å². The molecule has 2 rings (SSSR count). The van der Waals surface area contributed by atoms with Gasteiger partial charge in [0.15, 0.2) is 0 Å². The Morgan fingerprint density at radius 1 is 1.32 bits per heavy atom. The SMILES string of the molecule is CC1CCC(CN)C(c2cccc(OC(C)C)c2)C1. The Hall–Kier alpha value is -1.02. The first kappa shape index (κ1) is 14.4. The molecule has 2 N–H and O–H groups in total. The van der Waals surface area contributed by atoms with Crippen LogP contribution >= 0.6 is 0 Å². The molecule has 0 bridgehead atoms. The van der Waals surface area contributed by atoms with E-state index in [0.717, 1.165) is 18.2 Å². The summed E-state index contributed by atoms with van der Waals surface area (Å²) in [5, 5.41) is 0. The summed E-state index contributed by atoms with van der Waals surface area (Å²) in [5.74, 6) is 3.03. The topological polar surface area (TPSA) is 35.2 Å². The number of benzene rings is 1. The standard InChI is InChI=1S/C17H27NO/c1-12(2)19-16-6-4-5-14(10-16)17-9-13(3)7-8-15(17)11-18/h4-6,10,12-13,15,17H,7-9,11,18H2,1-3H3. The molecule has 2 nitrogen and oxygen atoms in total. The van der Waals surface area contributed by atoms with Gasteiger partial charge in [0.05, 0.1) is 6.10 Å². The van der Waals surface area contributed by atoms with Gasteiger partial charge in [0, 0.05) is 0 Å². The molecule has 1 aliphatic carbocycles. The first-order chi connectivity index (χ1) is 9.10. The van der Waals surface area contributed by atoms with E-state index in [0.29, 0.717) is 11.8 Å². The average Bonchev–Trinajstić information content (AvgIpc) is 2.38. The summed E-state index contributed by atoms with van der Waals surface area (Å²) in [4.78, 5) is 0. The zero-order valence-electron chi connectivity index (χ0n) is 12.4. The molecule has 1 fully saturated rings. The molecule has 1 aromatic rings. The molecule has 1 aromatic carbocycles. The molecule has 19 heavy (non-hydrogen) atoms. The Kier molecular flexibility index (Phi) is 4.87. The smallest absolute Gasteiger partial charge is 0.119 e. The summed E-state index contributed by atoms with van der Waals surface area (Å²) in [6, 6.07) is 8.61. The van der Waals surface area contributed by atoms with Gasteiger partial charge in [0.25, 0.3) is 0 Å². The number of hydrogen-bond acceptors (Lipinski definition) is 2. The van der Waals surface area contributed by atoms with Gasteiger partial charge in [-0.15, -0.1) is 0 Å². The minimum absolute atomic E-state index is 0.228. The first-order valence-corrected chi connectivity index (χ1v) is 7.56. The third kappa shape index (κ3) is 3.73. The summed E-state index contributed by atoms with van der Waals surface area (Å²) in [6.07, 6.45) is 4.07. The van der Waals surface area contributed by atoms with Crippen molar-refractivity contribution in [3.8, 4) is 5.75 Å². The van der Waals surface area contributed by atoms with Crippen LogP contribution in [0.2, 0.25) is 0 Å². The minimum atomic E-state index is 0.228. The van der Waals surface area contributed by atoms with E-state index < -0.39 is 0 Å². The highest BCUT2D eigenvalue weighted by Crippen LogP contribution is 2.40. The Bertz CT molecular complexity index is 402. The van der Waals surface area contributed by atoms with E-state index in [2.05, 4.69) is 39.0 Å². The van der Waals surface area contributed by atoms with Crippen molar-refractivity contribution in [3.05, 3.63) is 29.8 Å². The van der Waals surface area contributed by atoms with Gasteiger partial charge in [-0.1, -0.05) is 25.5 Å². The molecule has 3 unspecified atom stereocenters. The summed E-state index contributed by atoms with van der Waals surface area (Å²) in [7, 11) is 0. The fraction of sp³-hybridized carbons (Fsp3) is 0.647. The lowest BCUT2D eigenvalue weighted by molar-refractivity contribution is 0.238. The van der Waals surface area contributed by atoms with E-state index in [4.69, 9.17) is 10.5 Å². The Morgan fingerprint density at radius 3 is 2.79 bits per heavy atom. The molecule has 2 heteroatoms. The molecule has 0 aromatic heterocycles. The maximum Gasteiger partial charge on any atom is 0.119 e. The van der Waals surface area contributed by atoms with Gasteiger partial charge in [-0.05, 0) is 68.7 Å². The molecule has 0 radical (unpaired) electrons. The lowest BCUT2D eigenvalue weighted by Gasteiger charge is -2.34. The maximum atomic E-state index is 5.96. The average molecular weight is 261 g/mol. The molecular weight excluding hydrogens is 234 g/mol. The minimum Gasteiger partial charge on any atom is -0.491 e. The van der Waals surface area contributed by atoms with Crippen molar-refractivity contribution < 1.29 is 4.74 Å². The maximum absolute atomic E-state index is 5.96. The van der Waals surface area contributed by atoms with Crippen LogP contribution in [0.1, 0.15) is 51.5 Å². The van der Waals surface area contributed by atoms with Crippen LogP contribution in [0.5, 0.6) is 5.75 Å². The highest BCUT2D eigenvalue weighted by Gasteiger charge is 2.29. The van der Waals surface area contributed by atoms with Gasteiger partial charge in [-0.3, -0.25) is 0 Å². The highest BCUT2D eigenvalue weighted by atomic mass is 16.5. The molecular formula is C17H27NO. The third-order valence-corrected chi connectivity index (χ3v) is 4.22. The van der Waals surface area contributed by atoms with E-state index in [1.807, 2.05) is 6.07 Å².